The molecule has 3 rings (SSSR count). The molecule has 3 nitrogen and oxygen atoms in total. The molecule has 3 fully saturated rings. The Kier molecular flexibility index (Phi) is 3.18. The van der Waals surface area contributed by atoms with Gasteiger partial charge in [-0.05, 0) is 18.3 Å². The second kappa shape index (κ2) is 4.52. The Bertz CT molecular complexity index is 257. The predicted octanol–water partition coefficient (Wildman–Crippen LogP) is 2.41. The molecule has 0 aromatic carbocycles. The number of hydrogen-bond acceptors (Lipinski definition) is 3. The van der Waals surface area contributed by atoms with Gasteiger partial charge in [-0.3, -0.25) is 0 Å². The van der Waals surface area contributed by atoms with Crippen molar-refractivity contribution in [3.8, 4) is 0 Å². The lowest BCUT2D eigenvalue weighted by atomic mass is 9.87. The second-order valence-electron chi connectivity index (χ2n) is 6.40. The van der Waals surface area contributed by atoms with Crippen LogP contribution in [-0.4, -0.2) is 43.5 Å². The monoisotopic (exact) mass is 239 g/mol. The van der Waals surface area contributed by atoms with Crippen LogP contribution in [0.15, 0.2) is 0 Å². The summed E-state index contributed by atoms with van der Waals surface area (Å²) in [5.74, 6) is -0.201. The van der Waals surface area contributed by atoms with Crippen LogP contribution in [0.3, 0.4) is 0 Å². The zero-order valence-electron chi connectivity index (χ0n) is 11.0. The van der Waals surface area contributed by atoms with Gasteiger partial charge in [0, 0.05) is 32.5 Å². The summed E-state index contributed by atoms with van der Waals surface area (Å²) >= 11 is 0. The van der Waals surface area contributed by atoms with E-state index >= 15 is 0 Å². The van der Waals surface area contributed by atoms with Crippen LogP contribution in [0.2, 0.25) is 0 Å². The molecule has 0 amide bonds. The first-order valence-corrected chi connectivity index (χ1v) is 7.20. The summed E-state index contributed by atoms with van der Waals surface area (Å²) in [5, 5.41) is 0. The zero-order chi connectivity index (χ0) is 11.8. The molecule has 1 aliphatic carbocycles. The fourth-order valence-electron chi connectivity index (χ4n) is 3.76. The Hall–Kier alpha value is -0.120. The smallest absolute Gasteiger partial charge is 0.170 e. The molecule has 0 bridgehead atoms. The summed E-state index contributed by atoms with van der Waals surface area (Å²) in [6.45, 7) is 7.62. The van der Waals surface area contributed by atoms with Crippen LogP contribution in [-0.2, 0) is 9.47 Å². The van der Waals surface area contributed by atoms with E-state index in [2.05, 4.69) is 11.8 Å². The molecular formula is C14H25NO2. The highest BCUT2D eigenvalue weighted by Gasteiger charge is 2.41. The van der Waals surface area contributed by atoms with Crippen LogP contribution in [0.25, 0.3) is 0 Å². The van der Waals surface area contributed by atoms with Crippen molar-refractivity contribution in [2.75, 3.05) is 32.8 Å². The molecule has 98 valence electrons. The van der Waals surface area contributed by atoms with Gasteiger partial charge in [0.05, 0.1) is 13.2 Å². The van der Waals surface area contributed by atoms with Gasteiger partial charge in [-0.15, -0.1) is 0 Å². The van der Waals surface area contributed by atoms with E-state index in [1.54, 1.807) is 0 Å². The number of hydrogen-bond donors (Lipinski definition) is 0. The summed E-state index contributed by atoms with van der Waals surface area (Å²) in [6.07, 6.45) is 7.82. The van der Waals surface area contributed by atoms with Crippen LogP contribution in [0.4, 0.5) is 0 Å². The Labute approximate surface area is 104 Å². The molecule has 17 heavy (non-hydrogen) atoms. The van der Waals surface area contributed by atoms with Crippen molar-refractivity contribution in [2.24, 2.45) is 5.41 Å². The van der Waals surface area contributed by atoms with E-state index in [4.69, 9.17) is 9.47 Å². The second-order valence-corrected chi connectivity index (χ2v) is 6.40. The number of ether oxygens (including phenoxy) is 2. The van der Waals surface area contributed by atoms with E-state index in [1.165, 1.54) is 32.2 Å². The van der Waals surface area contributed by atoms with Crippen LogP contribution >= 0.6 is 0 Å². The Morgan fingerprint density at radius 3 is 2.12 bits per heavy atom. The third-order valence-electron chi connectivity index (χ3n) is 4.85. The molecule has 3 heteroatoms. The van der Waals surface area contributed by atoms with Crippen molar-refractivity contribution in [1.29, 1.82) is 0 Å². The van der Waals surface area contributed by atoms with Crippen LogP contribution in [0, 0.1) is 5.41 Å². The lowest BCUT2D eigenvalue weighted by Gasteiger charge is -2.40. The highest BCUT2D eigenvalue weighted by Crippen LogP contribution is 2.39. The van der Waals surface area contributed by atoms with Gasteiger partial charge < -0.3 is 14.4 Å². The number of piperidine rings is 1. The van der Waals surface area contributed by atoms with E-state index in [0.29, 0.717) is 5.41 Å². The topological polar surface area (TPSA) is 21.7 Å². The average molecular weight is 239 g/mol. The lowest BCUT2D eigenvalue weighted by molar-refractivity contribution is -0.186. The maximum atomic E-state index is 5.78. The molecule has 0 unspecified atom stereocenters. The molecule has 1 saturated carbocycles. The van der Waals surface area contributed by atoms with Crippen LogP contribution in [0.1, 0.15) is 45.4 Å². The molecule has 0 atom stereocenters. The summed E-state index contributed by atoms with van der Waals surface area (Å²) in [7, 11) is 0. The van der Waals surface area contributed by atoms with Crippen molar-refractivity contribution < 1.29 is 9.47 Å². The number of nitrogens with zero attached hydrogens (tertiary/aromatic N) is 1. The van der Waals surface area contributed by atoms with Gasteiger partial charge in [-0.1, -0.05) is 19.8 Å². The molecule has 0 N–H and O–H groups in total. The lowest BCUT2D eigenvalue weighted by Crippen LogP contribution is -2.47. The number of rotatable bonds is 2. The minimum atomic E-state index is -0.201. The van der Waals surface area contributed by atoms with Crippen molar-refractivity contribution in [1.82, 2.24) is 4.90 Å². The molecule has 0 aromatic rings. The van der Waals surface area contributed by atoms with Gasteiger partial charge in [0.15, 0.2) is 5.79 Å². The molecular weight excluding hydrogens is 214 g/mol. The normalized spacial score (nSPS) is 32.3. The first-order chi connectivity index (χ1) is 8.20. The van der Waals surface area contributed by atoms with Crippen LogP contribution in [0.5, 0.6) is 0 Å². The summed E-state index contributed by atoms with van der Waals surface area (Å²) < 4.78 is 11.6. The van der Waals surface area contributed by atoms with Crippen molar-refractivity contribution >= 4 is 0 Å². The third-order valence-corrected chi connectivity index (χ3v) is 4.85. The molecule has 2 aliphatic heterocycles. The zero-order valence-corrected chi connectivity index (χ0v) is 11.0. The molecule has 0 radical (unpaired) electrons. The molecule has 2 saturated heterocycles. The van der Waals surface area contributed by atoms with Gasteiger partial charge in [0.2, 0.25) is 0 Å². The fourth-order valence-corrected chi connectivity index (χ4v) is 3.76. The first kappa shape index (κ1) is 11.9. The highest BCUT2D eigenvalue weighted by atomic mass is 16.7. The van der Waals surface area contributed by atoms with Gasteiger partial charge in [0.25, 0.3) is 0 Å². The molecule has 3 aliphatic rings. The van der Waals surface area contributed by atoms with Crippen LogP contribution < -0.4 is 0 Å². The standard InChI is InChI=1S/C14H25NO2/c1-13(4-2-3-5-13)12-15-8-6-14(7-9-15)16-10-11-17-14/h2-12H2,1H3. The first-order valence-electron chi connectivity index (χ1n) is 7.20. The van der Waals surface area contributed by atoms with E-state index < -0.39 is 0 Å². The maximum Gasteiger partial charge on any atom is 0.170 e. The van der Waals surface area contributed by atoms with Crippen molar-refractivity contribution in [3.63, 3.8) is 0 Å². The SMILES string of the molecule is CC1(CN2CCC3(CC2)OCCO3)CCCC1. The molecule has 1 spiro atoms. The Balaban J connectivity index is 1.51. The molecule has 0 aromatic heterocycles. The van der Waals surface area contributed by atoms with Crippen molar-refractivity contribution in [2.45, 2.75) is 51.2 Å². The van der Waals surface area contributed by atoms with Gasteiger partial charge in [-0.2, -0.15) is 0 Å². The van der Waals surface area contributed by atoms with E-state index in [-0.39, 0.29) is 5.79 Å². The van der Waals surface area contributed by atoms with Gasteiger partial charge in [-0.25, -0.2) is 0 Å². The predicted molar refractivity (Wildman–Crippen MR) is 66.9 cm³/mol. The van der Waals surface area contributed by atoms with E-state index in [0.717, 1.165) is 39.1 Å². The largest absolute Gasteiger partial charge is 0.347 e. The maximum absolute atomic E-state index is 5.78. The van der Waals surface area contributed by atoms with E-state index in [9.17, 15) is 0 Å². The summed E-state index contributed by atoms with van der Waals surface area (Å²) in [4.78, 5) is 2.63. The minimum absolute atomic E-state index is 0.201. The van der Waals surface area contributed by atoms with Gasteiger partial charge >= 0.3 is 0 Å². The number of likely N-dealkylation sites (tertiary alicyclic amines) is 1. The van der Waals surface area contributed by atoms with Gasteiger partial charge in [0.1, 0.15) is 0 Å². The highest BCUT2D eigenvalue weighted by molar-refractivity contribution is 4.88. The summed E-state index contributed by atoms with van der Waals surface area (Å²) in [5.41, 5.74) is 0.585. The summed E-state index contributed by atoms with van der Waals surface area (Å²) in [6, 6.07) is 0. The fraction of sp³-hybridized carbons (Fsp3) is 1.00. The minimum Gasteiger partial charge on any atom is -0.347 e. The van der Waals surface area contributed by atoms with E-state index in [1.807, 2.05) is 0 Å². The average Bonchev–Trinajstić information content (AvgIpc) is 2.93. The van der Waals surface area contributed by atoms with Crippen molar-refractivity contribution in [3.05, 3.63) is 0 Å². The quantitative estimate of drug-likeness (QED) is 0.738. The Morgan fingerprint density at radius 2 is 1.53 bits per heavy atom. The Morgan fingerprint density at radius 1 is 0.941 bits per heavy atom. The molecule has 2 heterocycles. The third kappa shape index (κ3) is 2.51.